The fraction of sp³-hybridized carbons (Fsp3) is 0.0833. The largest absolute Gasteiger partial charge is 0.228 e. The van der Waals surface area contributed by atoms with Gasteiger partial charge in [0.25, 0.3) is 0 Å². The molecule has 76 valence electrons. The van der Waals surface area contributed by atoms with E-state index < -0.39 is 5.95 Å². The Labute approximate surface area is 92.5 Å². The normalized spacial score (nSPS) is 10.3. The molecule has 0 unspecified atom stereocenters. The maximum atomic E-state index is 13.0. The molecule has 0 bridgehead atoms. The van der Waals surface area contributed by atoms with Gasteiger partial charge in [-0.2, -0.15) is 4.39 Å². The van der Waals surface area contributed by atoms with Gasteiger partial charge in [0.2, 0.25) is 5.95 Å². The van der Waals surface area contributed by atoms with E-state index in [1.807, 2.05) is 30.3 Å². The van der Waals surface area contributed by atoms with Gasteiger partial charge in [-0.25, -0.2) is 4.98 Å². The van der Waals surface area contributed by atoms with Crippen molar-refractivity contribution in [1.82, 2.24) is 4.98 Å². The lowest BCUT2D eigenvalue weighted by molar-refractivity contribution is 0.583. The molecule has 2 aromatic rings. The molecule has 0 spiro atoms. The number of halogens is 2. The Balaban J connectivity index is 2.56. The number of benzene rings is 1. The number of rotatable bonds is 2. The van der Waals surface area contributed by atoms with Crippen molar-refractivity contribution >= 4 is 11.6 Å². The standard InChI is InChI=1S/C12H9ClFN/c13-7-10-8-15-12(14)6-11(10)9-4-2-1-3-5-9/h1-6,8H,7H2. The first-order valence-electron chi connectivity index (χ1n) is 4.57. The van der Waals surface area contributed by atoms with E-state index in [9.17, 15) is 4.39 Å². The predicted molar refractivity (Wildman–Crippen MR) is 59.2 cm³/mol. The number of aromatic nitrogens is 1. The Morgan fingerprint density at radius 1 is 1.20 bits per heavy atom. The summed E-state index contributed by atoms with van der Waals surface area (Å²) in [5, 5.41) is 0. The Hall–Kier alpha value is -1.41. The first kappa shape index (κ1) is 10.1. The van der Waals surface area contributed by atoms with Crippen LogP contribution < -0.4 is 0 Å². The van der Waals surface area contributed by atoms with Crippen molar-refractivity contribution in [2.24, 2.45) is 0 Å². The Morgan fingerprint density at radius 3 is 2.60 bits per heavy atom. The van der Waals surface area contributed by atoms with Gasteiger partial charge < -0.3 is 0 Å². The average Bonchev–Trinajstić information content (AvgIpc) is 2.30. The second-order valence-corrected chi connectivity index (χ2v) is 3.43. The van der Waals surface area contributed by atoms with Crippen molar-refractivity contribution in [2.75, 3.05) is 0 Å². The summed E-state index contributed by atoms with van der Waals surface area (Å²) in [6.07, 6.45) is 1.48. The van der Waals surface area contributed by atoms with Crippen LogP contribution in [0.15, 0.2) is 42.6 Å². The number of hydrogen-bond acceptors (Lipinski definition) is 1. The Bertz CT molecular complexity index is 456. The van der Waals surface area contributed by atoms with E-state index in [0.717, 1.165) is 16.7 Å². The summed E-state index contributed by atoms with van der Waals surface area (Å²) < 4.78 is 13.0. The zero-order valence-corrected chi connectivity index (χ0v) is 8.71. The highest BCUT2D eigenvalue weighted by Crippen LogP contribution is 2.24. The van der Waals surface area contributed by atoms with Crippen molar-refractivity contribution < 1.29 is 4.39 Å². The van der Waals surface area contributed by atoms with Crippen molar-refractivity contribution in [3.05, 3.63) is 54.1 Å². The molecular weight excluding hydrogens is 213 g/mol. The fourth-order valence-electron chi connectivity index (χ4n) is 1.45. The van der Waals surface area contributed by atoms with Crippen LogP contribution in [0.5, 0.6) is 0 Å². The SMILES string of the molecule is Fc1cc(-c2ccccc2)c(CCl)cn1. The predicted octanol–water partition coefficient (Wildman–Crippen LogP) is 3.63. The van der Waals surface area contributed by atoms with E-state index in [2.05, 4.69) is 4.98 Å². The lowest BCUT2D eigenvalue weighted by Crippen LogP contribution is -1.91. The quantitative estimate of drug-likeness (QED) is 0.558. The van der Waals surface area contributed by atoms with Crippen LogP contribution in [0.4, 0.5) is 4.39 Å². The molecule has 1 aromatic carbocycles. The van der Waals surface area contributed by atoms with E-state index in [1.165, 1.54) is 12.3 Å². The number of alkyl halides is 1. The molecule has 0 aliphatic rings. The highest BCUT2D eigenvalue weighted by Gasteiger charge is 2.06. The van der Waals surface area contributed by atoms with E-state index in [1.54, 1.807) is 0 Å². The molecule has 1 aromatic heterocycles. The molecule has 0 aliphatic carbocycles. The third-order valence-corrected chi connectivity index (χ3v) is 2.47. The summed E-state index contributed by atoms with van der Waals surface area (Å²) in [5.41, 5.74) is 2.59. The third-order valence-electron chi connectivity index (χ3n) is 2.18. The van der Waals surface area contributed by atoms with Gasteiger partial charge in [0.05, 0.1) is 0 Å². The maximum Gasteiger partial charge on any atom is 0.213 e. The zero-order chi connectivity index (χ0) is 10.7. The fourth-order valence-corrected chi connectivity index (χ4v) is 1.66. The van der Waals surface area contributed by atoms with Crippen LogP contribution in [0.3, 0.4) is 0 Å². The lowest BCUT2D eigenvalue weighted by atomic mass is 10.0. The van der Waals surface area contributed by atoms with Gasteiger partial charge in [0.15, 0.2) is 0 Å². The second-order valence-electron chi connectivity index (χ2n) is 3.16. The molecule has 0 amide bonds. The summed E-state index contributed by atoms with van der Waals surface area (Å²) in [6.45, 7) is 0. The van der Waals surface area contributed by atoms with Gasteiger partial charge in [-0.1, -0.05) is 30.3 Å². The molecule has 0 saturated heterocycles. The van der Waals surface area contributed by atoms with E-state index in [0.29, 0.717) is 5.88 Å². The minimum atomic E-state index is -0.484. The highest BCUT2D eigenvalue weighted by molar-refractivity contribution is 6.17. The average molecular weight is 222 g/mol. The third kappa shape index (κ3) is 2.16. The van der Waals surface area contributed by atoms with Crippen LogP contribution in [-0.2, 0) is 5.88 Å². The molecule has 0 N–H and O–H groups in total. The molecule has 3 heteroatoms. The molecule has 1 heterocycles. The van der Waals surface area contributed by atoms with Crippen LogP contribution in [-0.4, -0.2) is 4.98 Å². The number of nitrogens with zero attached hydrogens (tertiary/aromatic N) is 1. The summed E-state index contributed by atoms with van der Waals surface area (Å²) >= 11 is 5.77. The molecule has 0 fully saturated rings. The topological polar surface area (TPSA) is 12.9 Å². The number of pyridine rings is 1. The minimum absolute atomic E-state index is 0.331. The molecular formula is C12H9ClFN. The Morgan fingerprint density at radius 2 is 1.93 bits per heavy atom. The van der Waals surface area contributed by atoms with Crippen LogP contribution in [0.1, 0.15) is 5.56 Å². The maximum absolute atomic E-state index is 13.0. The van der Waals surface area contributed by atoms with Crippen LogP contribution in [0, 0.1) is 5.95 Å². The van der Waals surface area contributed by atoms with Gasteiger partial charge in [0.1, 0.15) is 0 Å². The number of hydrogen-bond donors (Lipinski definition) is 0. The van der Waals surface area contributed by atoms with Gasteiger partial charge in [0, 0.05) is 18.1 Å². The van der Waals surface area contributed by atoms with Crippen LogP contribution in [0.25, 0.3) is 11.1 Å². The monoisotopic (exact) mass is 221 g/mol. The molecule has 0 aliphatic heterocycles. The first-order chi connectivity index (χ1) is 7.31. The summed E-state index contributed by atoms with van der Waals surface area (Å²) in [4.78, 5) is 3.59. The molecule has 0 atom stereocenters. The van der Waals surface area contributed by atoms with Crippen LogP contribution in [0.2, 0.25) is 0 Å². The summed E-state index contributed by atoms with van der Waals surface area (Å²) in [6, 6.07) is 11.0. The minimum Gasteiger partial charge on any atom is -0.228 e. The van der Waals surface area contributed by atoms with Crippen molar-refractivity contribution in [1.29, 1.82) is 0 Å². The van der Waals surface area contributed by atoms with Crippen molar-refractivity contribution in [3.8, 4) is 11.1 Å². The smallest absolute Gasteiger partial charge is 0.213 e. The van der Waals surface area contributed by atoms with Gasteiger partial charge in [-0.05, 0) is 16.7 Å². The van der Waals surface area contributed by atoms with Crippen molar-refractivity contribution in [2.45, 2.75) is 5.88 Å². The first-order valence-corrected chi connectivity index (χ1v) is 5.10. The van der Waals surface area contributed by atoms with E-state index in [4.69, 9.17) is 11.6 Å². The van der Waals surface area contributed by atoms with E-state index in [-0.39, 0.29) is 0 Å². The second kappa shape index (κ2) is 4.41. The molecule has 0 radical (unpaired) electrons. The van der Waals surface area contributed by atoms with Gasteiger partial charge in [-0.3, -0.25) is 0 Å². The van der Waals surface area contributed by atoms with E-state index >= 15 is 0 Å². The summed E-state index contributed by atoms with van der Waals surface area (Å²) in [7, 11) is 0. The Kier molecular flexibility index (Phi) is 2.97. The molecule has 0 saturated carbocycles. The highest BCUT2D eigenvalue weighted by atomic mass is 35.5. The van der Waals surface area contributed by atoms with Gasteiger partial charge in [-0.15, -0.1) is 11.6 Å². The molecule has 15 heavy (non-hydrogen) atoms. The molecule has 2 rings (SSSR count). The van der Waals surface area contributed by atoms with Gasteiger partial charge >= 0.3 is 0 Å². The summed E-state index contributed by atoms with van der Waals surface area (Å²) in [5.74, 6) is -0.153. The van der Waals surface area contributed by atoms with Crippen molar-refractivity contribution in [3.63, 3.8) is 0 Å². The zero-order valence-electron chi connectivity index (χ0n) is 7.95. The van der Waals surface area contributed by atoms with Crippen LogP contribution >= 0.6 is 11.6 Å². The molecule has 1 nitrogen and oxygen atoms in total. The lowest BCUT2D eigenvalue weighted by Gasteiger charge is -2.06.